The Hall–Kier alpha value is -2.07. The lowest BCUT2D eigenvalue weighted by Gasteiger charge is -2.28. The number of nitrogens with zero attached hydrogens (tertiary/aromatic N) is 3. The van der Waals surface area contributed by atoms with E-state index in [1.165, 1.54) is 12.1 Å². The number of benzene rings is 1. The quantitative estimate of drug-likeness (QED) is 0.800. The van der Waals surface area contributed by atoms with Crippen LogP contribution in [0.2, 0.25) is 0 Å². The van der Waals surface area contributed by atoms with Crippen molar-refractivity contribution in [1.82, 2.24) is 0 Å². The summed E-state index contributed by atoms with van der Waals surface area (Å²) in [5.74, 6) is -0.429. The molecule has 0 atom stereocenters. The smallest absolute Gasteiger partial charge is 0.126 e. The minimum Gasteiger partial charge on any atom is -0.368 e. The summed E-state index contributed by atoms with van der Waals surface area (Å²) in [6.07, 6.45) is 0.372. The number of halogens is 1. The van der Waals surface area contributed by atoms with Crippen molar-refractivity contribution in [1.29, 1.82) is 10.5 Å². The first-order valence-corrected chi connectivity index (χ1v) is 5.42. The Morgan fingerprint density at radius 1 is 1.29 bits per heavy atom. The molecule has 0 fully saturated rings. The highest BCUT2D eigenvalue weighted by atomic mass is 19.1. The van der Waals surface area contributed by atoms with Gasteiger partial charge in [-0.2, -0.15) is 10.5 Å². The Bertz CT molecular complexity index is 469. The van der Waals surface area contributed by atoms with Crippen molar-refractivity contribution in [3.63, 3.8) is 0 Å². The van der Waals surface area contributed by atoms with Gasteiger partial charge in [-0.05, 0) is 32.0 Å². The van der Waals surface area contributed by atoms with Crippen LogP contribution in [0.15, 0.2) is 18.2 Å². The maximum Gasteiger partial charge on any atom is 0.126 e. The molecule has 0 aliphatic rings. The van der Waals surface area contributed by atoms with Crippen molar-refractivity contribution < 1.29 is 4.39 Å². The molecule has 0 spiro atoms. The van der Waals surface area contributed by atoms with E-state index in [0.29, 0.717) is 24.2 Å². The average Bonchev–Trinajstić information content (AvgIpc) is 2.28. The van der Waals surface area contributed by atoms with Gasteiger partial charge in [0.25, 0.3) is 0 Å². The highest BCUT2D eigenvalue weighted by molar-refractivity contribution is 5.52. The van der Waals surface area contributed by atoms with Crippen LogP contribution < -0.4 is 4.90 Å². The van der Waals surface area contributed by atoms with E-state index in [9.17, 15) is 4.39 Å². The third kappa shape index (κ3) is 3.46. The average molecular weight is 231 g/mol. The summed E-state index contributed by atoms with van der Waals surface area (Å²) in [7, 11) is 0. The van der Waals surface area contributed by atoms with Crippen LogP contribution in [0.4, 0.5) is 10.1 Å². The van der Waals surface area contributed by atoms with Gasteiger partial charge in [-0.15, -0.1) is 0 Å². The van der Waals surface area contributed by atoms with Crippen molar-refractivity contribution in [2.75, 3.05) is 11.4 Å². The fourth-order valence-corrected chi connectivity index (χ4v) is 1.66. The summed E-state index contributed by atoms with van der Waals surface area (Å²) in [5.41, 5.74) is 0.939. The van der Waals surface area contributed by atoms with Gasteiger partial charge in [0.2, 0.25) is 0 Å². The molecule has 1 aromatic rings. The minimum absolute atomic E-state index is 0.150. The lowest BCUT2D eigenvalue weighted by Crippen LogP contribution is -2.31. The number of rotatable bonds is 4. The Labute approximate surface area is 101 Å². The van der Waals surface area contributed by atoms with E-state index < -0.39 is 5.82 Å². The van der Waals surface area contributed by atoms with Crippen molar-refractivity contribution in [2.24, 2.45) is 0 Å². The van der Waals surface area contributed by atoms with Crippen LogP contribution in [0.25, 0.3) is 0 Å². The van der Waals surface area contributed by atoms with Crippen LogP contribution in [0.5, 0.6) is 0 Å². The van der Waals surface area contributed by atoms with E-state index in [1.807, 2.05) is 24.8 Å². The Morgan fingerprint density at radius 3 is 2.53 bits per heavy atom. The molecule has 0 N–H and O–H groups in total. The van der Waals surface area contributed by atoms with Gasteiger partial charge in [-0.25, -0.2) is 4.39 Å². The van der Waals surface area contributed by atoms with Gasteiger partial charge in [0, 0.05) is 18.3 Å². The number of hydrogen-bond donors (Lipinski definition) is 0. The van der Waals surface area contributed by atoms with Crippen LogP contribution >= 0.6 is 0 Å². The van der Waals surface area contributed by atoms with Crippen molar-refractivity contribution >= 4 is 5.69 Å². The Balaban J connectivity index is 3.06. The highest BCUT2D eigenvalue weighted by Crippen LogP contribution is 2.20. The predicted molar refractivity (Wildman–Crippen MR) is 63.8 cm³/mol. The number of nitriles is 2. The second kappa shape index (κ2) is 5.86. The second-order valence-electron chi connectivity index (χ2n) is 4.01. The Kier molecular flexibility index (Phi) is 4.48. The van der Waals surface area contributed by atoms with Crippen LogP contribution in [-0.4, -0.2) is 12.6 Å². The molecule has 17 heavy (non-hydrogen) atoms. The SMILES string of the molecule is CC(C)N(CCC#N)c1cc(F)cc(C#N)c1. The van der Waals surface area contributed by atoms with E-state index in [0.717, 1.165) is 0 Å². The zero-order chi connectivity index (χ0) is 12.8. The molecule has 0 heterocycles. The van der Waals surface area contributed by atoms with Gasteiger partial charge in [0.05, 0.1) is 24.1 Å². The molecule has 0 radical (unpaired) electrons. The highest BCUT2D eigenvalue weighted by Gasteiger charge is 2.12. The van der Waals surface area contributed by atoms with Crippen LogP contribution in [0, 0.1) is 28.5 Å². The van der Waals surface area contributed by atoms with Gasteiger partial charge in [0.1, 0.15) is 5.82 Å². The largest absolute Gasteiger partial charge is 0.368 e. The Morgan fingerprint density at radius 2 is 2.00 bits per heavy atom. The molecule has 0 bridgehead atoms. The molecule has 3 nitrogen and oxygen atoms in total. The van der Waals surface area contributed by atoms with Crippen LogP contribution in [0.3, 0.4) is 0 Å². The van der Waals surface area contributed by atoms with Gasteiger partial charge in [0.15, 0.2) is 0 Å². The molecular formula is C13H14FN3. The lowest BCUT2D eigenvalue weighted by molar-refractivity contribution is 0.622. The van der Waals surface area contributed by atoms with Crippen molar-refractivity contribution in [3.05, 3.63) is 29.6 Å². The van der Waals surface area contributed by atoms with Crippen LogP contribution in [-0.2, 0) is 0 Å². The zero-order valence-electron chi connectivity index (χ0n) is 9.94. The first-order valence-electron chi connectivity index (χ1n) is 5.42. The van der Waals surface area contributed by atoms with Gasteiger partial charge in [-0.3, -0.25) is 0 Å². The molecule has 0 saturated heterocycles. The van der Waals surface area contributed by atoms with Gasteiger partial charge >= 0.3 is 0 Å². The molecule has 0 amide bonds. The summed E-state index contributed by atoms with van der Waals surface area (Å²) in [6, 6.07) is 8.37. The molecule has 4 heteroatoms. The second-order valence-corrected chi connectivity index (χ2v) is 4.01. The van der Waals surface area contributed by atoms with E-state index in [2.05, 4.69) is 6.07 Å². The van der Waals surface area contributed by atoms with Crippen molar-refractivity contribution in [2.45, 2.75) is 26.3 Å². The first-order chi connectivity index (χ1) is 8.08. The molecule has 1 aromatic carbocycles. The molecule has 0 aliphatic heterocycles. The summed E-state index contributed by atoms with van der Waals surface area (Å²) in [6.45, 7) is 4.46. The first kappa shape index (κ1) is 13.0. The maximum atomic E-state index is 13.3. The van der Waals surface area contributed by atoms with E-state index >= 15 is 0 Å². The molecule has 0 aliphatic carbocycles. The number of hydrogen-bond acceptors (Lipinski definition) is 3. The van der Waals surface area contributed by atoms with E-state index in [-0.39, 0.29) is 6.04 Å². The third-order valence-electron chi connectivity index (χ3n) is 2.43. The minimum atomic E-state index is -0.429. The van der Waals surface area contributed by atoms with Gasteiger partial charge in [-0.1, -0.05) is 0 Å². The maximum absolute atomic E-state index is 13.3. The predicted octanol–water partition coefficient (Wildman–Crippen LogP) is 2.83. The molecule has 0 unspecified atom stereocenters. The lowest BCUT2D eigenvalue weighted by atomic mass is 10.1. The van der Waals surface area contributed by atoms with Crippen LogP contribution in [0.1, 0.15) is 25.8 Å². The zero-order valence-corrected chi connectivity index (χ0v) is 9.94. The summed E-state index contributed by atoms with van der Waals surface area (Å²) in [4.78, 5) is 1.91. The number of anilines is 1. The molecule has 0 saturated carbocycles. The summed E-state index contributed by atoms with van der Waals surface area (Å²) < 4.78 is 13.3. The normalized spacial score (nSPS) is 9.76. The van der Waals surface area contributed by atoms with E-state index in [4.69, 9.17) is 10.5 Å². The molecule has 88 valence electrons. The van der Waals surface area contributed by atoms with E-state index in [1.54, 1.807) is 6.07 Å². The monoisotopic (exact) mass is 231 g/mol. The molecule has 0 aromatic heterocycles. The van der Waals surface area contributed by atoms with Crippen molar-refractivity contribution in [3.8, 4) is 12.1 Å². The fourth-order valence-electron chi connectivity index (χ4n) is 1.66. The van der Waals surface area contributed by atoms with Gasteiger partial charge < -0.3 is 4.90 Å². The standard InChI is InChI=1S/C13H14FN3/c1-10(2)17(5-3-4-15)13-7-11(9-16)6-12(14)8-13/h6-8,10H,3,5H2,1-2H3. The summed E-state index contributed by atoms with van der Waals surface area (Å²) in [5, 5.41) is 17.4. The topological polar surface area (TPSA) is 50.8 Å². The molecule has 1 rings (SSSR count). The summed E-state index contributed by atoms with van der Waals surface area (Å²) >= 11 is 0. The fraction of sp³-hybridized carbons (Fsp3) is 0.385. The molecular weight excluding hydrogens is 217 g/mol. The third-order valence-corrected chi connectivity index (χ3v) is 2.43.